The first-order chi connectivity index (χ1) is 2.00. The standard InChI is InChI=1S/CH5N.CH4O.H2O/c2*1-2;/h2H2,1H3;2H,1H3;1H2. The lowest BCUT2D eigenvalue weighted by Gasteiger charge is -1.21. The fourth-order valence-corrected chi connectivity index (χ4v) is 0. The lowest BCUT2D eigenvalue weighted by atomic mass is 11.6. The van der Waals surface area contributed by atoms with Crippen LogP contribution in [0, 0.1) is 0 Å². The van der Waals surface area contributed by atoms with Crippen molar-refractivity contribution in [2.75, 3.05) is 14.2 Å². The van der Waals surface area contributed by atoms with Crippen LogP contribution in [0.1, 0.15) is 0 Å². The Kier molecular flexibility index (Phi) is 9290. The Balaban J connectivity index is -0.0000000133. The molecule has 0 aromatic rings. The number of aliphatic hydroxyl groups excluding tert-OH is 1. The predicted molar refractivity (Wildman–Crippen MR) is 21.9 cm³/mol. The highest BCUT2D eigenvalue weighted by Gasteiger charge is 0.840. The molecule has 0 aromatic carbocycles. The summed E-state index contributed by atoms with van der Waals surface area (Å²) >= 11 is 0. The van der Waals surface area contributed by atoms with Gasteiger partial charge in [0.1, 0.15) is 0 Å². The summed E-state index contributed by atoms with van der Waals surface area (Å²) in [6, 6.07) is 0. The van der Waals surface area contributed by atoms with Crippen LogP contribution in [0.2, 0.25) is 0 Å². The monoisotopic (exact) mass is 81.1 g/mol. The quantitative estimate of drug-likeness (QED) is 0.367. The highest BCUT2D eigenvalue weighted by Crippen LogP contribution is 0.755. The van der Waals surface area contributed by atoms with Crippen LogP contribution in [0.15, 0.2) is 0 Å². The van der Waals surface area contributed by atoms with E-state index in [1.807, 2.05) is 0 Å². The minimum Gasteiger partial charge on any atom is -0.412 e. The van der Waals surface area contributed by atoms with E-state index < -0.39 is 0 Å². The first-order valence-electron chi connectivity index (χ1n) is 1.02. The molecule has 0 saturated heterocycles. The average molecular weight is 81.1 g/mol. The Morgan fingerprint density at radius 1 is 1.20 bits per heavy atom. The SMILES string of the molecule is CN.CO.O. The molecule has 0 fully saturated rings. The molecule has 0 aliphatic carbocycles. The number of nitrogens with two attached hydrogens (primary N) is 1. The van der Waals surface area contributed by atoms with Gasteiger partial charge in [0.25, 0.3) is 0 Å². The molecule has 3 heteroatoms. The van der Waals surface area contributed by atoms with Crippen molar-refractivity contribution in [3.63, 3.8) is 0 Å². The van der Waals surface area contributed by atoms with E-state index in [9.17, 15) is 0 Å². The van der Waals surface area contributed by atoms with E-state index in [0.29, 0.717) is 0 Å². The third kappa shape index (κ3) is 952. The maximum Gasteiger partial charge on any atom is 0.0319 e. The zero-order valence-corrected chi connectivity index (χ0v) is 3.52. The fourth-order valence-electron chi connectivity index (χ4n) is 0. The minimum atomic E-state index is 0. The summed E-state index contributed by atoms with van der Waals surface area (Å²) in [5.41, 5.74) is 4.50. The summed E-state index contributed by atoms with van der Waals surface area (Å²) in [5, 5.41) is 7.00. The zero-order chi connectivity index (χ0) is 4.00. The highest BCUT2D eigenvalue weighted by molar-refractivity contribution is 3.54. The van der Waals surface area contributed by atoms with Crippen LogP contribution in [-0.2, 0) is 0 Å². The van der Waals surface area contributed by atoms with E-state index in [4.69, 9.17) is 5.11 Å². The Morgan fingerprint density at radius 2 is 1.20 bits per heavy atom. The predicted octanol–water partition coefficient (Wildman–Crippen LogP) is -1.64. The topological polar surface area (TPSA) is 77.8 Å². The molecule has 0 amide bonds. The van der Waals surface area contributed by atoms with Crippen LogP contribution in [0.3, 0.4) is 0 Å². The van der Waals surface area contributed by atoms with E-state index in [1.165, 1.54) is 7.05 Å². The van der Waals surface area contributed by atoms with Crippen LogP contribution in [0.5, 0.6) is 0 Å². The molecule has 0 bridgehead atoms. The minimum absolute atomic E-state index is 0. The van der Waals surface area contributed by atoms with Crippen LogP contribution in [-0.4, -0.2) is 24.7 Å². The lowest BCUT2D eigenvalue weighted by Crippen LogP contribution is -1.69. The summed E-state index contributed by atoms with van der Waals surface area (Å²) in [6.07, 6.45) is 0. The first-order valence-corrected chi connectivity index (χ1v) is 1.02. The summed E-state index contributed by atoms with van der Waals surface area (Å²) in [6.45, 7) is 0. The van der Waals surface area contributed by atoms with Crippen LogP contribution < -0.4 is 5.73 Å². The van der Waals surface area contributed by atoms with E-state index >= 15 is 0 Å². The Labute approximate surface area is 31.7 Å². The Morgan fingerprint density at radius 3 is 1.20 bits per heavy atom. The fraction of sp³-hybridized carbons (Fsp3) is 1.00. The second-order valence-corrected chi connectivity index (χ2v) is 0. The van der Waals surface area contributed by atoms with E-state index in [1.54, 1.807) is 0 Å². The molecule has 5 heavy (non-hydrogen) atoms. The molecule has 5 N–H and O–H groups in total. The van der Waals surface area contributed by atoms with Crippen molar-refractivity contribution in [1.29, 1.82) is 0 Å². The molecule has 0 heterocycles. The van der Waals surface area contributed by atoms with Gasteiger partial charge in [0.05, 0.1) is 0 Å². The molecule has 0 spiro atoms. The molecule has 0 unspecified atom stereocenters. The van der Waals surface area contributed by atoms with Gasteiger partial charge in [-0.25, -0.2) is 0 Å². The van der Waals surface area contributed by atoms with E-state index in [-0.39, 0.29) is 5.48 Å². The van der Waals surface area contributed by atoms with Gasteiger partial charge in [0.15, 0.2) is 0 Å². The maximum atomic E-state index is 7.00. The van der Waals surface area contributed by atoms with Gasteiger partial charge in [-0.2, -0.15) is 0 Å². The normalized spacial score (nSPS) is 2.40. The zero-order valence-electron chi connectivity index (χ0n) is 3.52. The molecule has 36 valence electrons. The Hall–Kier alpha value is -0.120. The van der Waals surface area contributed by atoms with Crippen molar-refractivity contribution in [3.8, 4) is 0 Å². The molecule has 0 atom stereocenters. The van der Waals surface area contributed by atoms with Crippen molar-refractivity contribution >= 4 is 0 Å². The van der Waals surface area contributed by atoms with Crippen molar-refractivity contribution < 1.29 is 10.6 Å². The van der Waals surface area contributed by atoms with Gasteiger partial charge in [0.2, 0.25) is 0 Å². The second kappa shape index (κ2) is 2230. The third-order valence-electron chi connectivity index (χ3n) is 0. The summed E-state index contributed by atoms with van der Waals surface area (Å²) in [5.74, 6) is 0. The van der Waals surface area contributed by atoms with Crippen LogP contribution in [0.25, 0.3) is 0 Å². The largest absolute Gasteiger partial charge is 0.412 e. The van der Waals surface area contributed by atoms with Crippen molar-refractivity contribution in [3.05, 3.63) is 0 Å². The molecule has 0 rings (SSSR count). The number of aliphatic hydroxyl groups is 1. The molecule has 0 saturated carbocycles. The lowest BCUT2D eigenvalue weighted by molar-refractivity contribution is 0.399. The van der Waals surface area contributed by atoms with Gasteiger partial charge in [0, 0.05) is 7.11 Å². The molecular weight excluding hydrogens is 70.0 g/mol. The van der Waals surface area contributed by atoms with Crippen LogP contribution >= 0.6 is 0 Å². The number of hydrogen-bond acceptors (Lipinski definition) is 2. The summed E-state index contributed by atoms with van der Waals surface area (Å²) < 4.78 is 0. The second-order valence-electron chi connectivity index (χ2n) is 0. The number of hydrogen-bond donors (Lipinski definition) is 2. The van der Waals surface area contributed by atoms with E-state index in [2.05, 4.69) is 5.73 Å². The maximum absolute atomic E-state index is 7.00. The molecular formula is C2H11NO2. The first kappa shape index (κ1) is 20.8. The average Bonchev–Trinajstić information content (AvgIpc) is 1.50. The van der Waals surface area contributed by atoms with Crippen molar-refractivity contribution in [2.45, 2.75) is 0 Å². The summed E-state index contributed by atoms with van der Waals surface area (Å²) in [7, 11) is 2.50. The molecule has 0 radical (unpaired) electrons. The van der Waals surface area contributed by atoms with Crippen molar-refractivity contribution in [2.24, 2.45) is 5.73 Å². The third-order valence-corrected chi connectivity index (χ3v) is 0. The van der Waals surface area contributed by atoms with Gasteiger partial charge in [-0.1, -0.05) is 0 Å². The van der Waals surface area contributed by atoms with Gasteiger partial charge in [-0.15, -0.1) is 0 Å². The van der Waals surface area contributed by atoms with Crippen LogP contribution in [0.4, 0.5) is 0 Å². The molecule has 0 aromatic heterocycles. The van der Waals surface area contributed by atoms with Gasteiger partial charge in [-0.05, 0) is 7.05 Å². The number of rotatable bonds is 0. The van der Waals surface area contributed by atoms with Gasteiger partial charge in [-0.3, -0.25) is 0 Å². The Bertz CT molecular complexity index is 7.61. The highest BCUT2D eigenvalue weighted by atomic mass is 16.2. The smallest absolute Gasteiger partial charge is 0.0319 e. The molecule has 3 nitrogen and oxygen atoms in total. The van der Waals surface area contributed by atoms with E-state index in [0.717, 1.165) is 7.11 Å². The molecule has 0 aliphatic rings. The van der Waals surface area contributed by atoms with Gasteiger partial charge < -0.3 is 16.3 Å². The molecule has 0 aliphatic heterocycles. The van der Waals surface area contributed by atoms with Gasteiger partial charge >= 0.3 is 0 Å². The van der Waals surface area contributed by atoms with Crippen molar-refractivity contribution in [1.82, 2.24) is 0 Å². The summed E-state index contributed by atoms with van der Waals surface area (Å²) in [4.78, 5) is 0.